The Bertz CT molecular complexity index is 190. The highest BCUT2D eigenvalue weighted by Gasteiger charge is 2.16. The summed E-state index contributed by atoms with van der Waals surface area (Å²) in [6.45, 7) is 15.0. The van der Waals surface area contributed by atoms with Crippen LogP contribution in [-0.4, -0.2) is 12.1 Å². The third kappa shape index (κ3) is 12.7. The molecule has 116 valence electrons. The molecular weight excluding hydrogens is 230 g/mol. The highest BCUT2D eigenvalue weighted by Crippen LogP contribution is 2.20. The Morgan fingerprint density at radius 2 is 1.37 bits per heavy atom. The summed E-state index contributed by atoms with van der Waals surface area (Å²) >= 11 is 0. The average molecular weight is 270 g/mol. The first-order valence-electron chi connectivity index (χ1n) is 8.62. The summed E-state index contributed by atoms with van der Waals surface area (Å²) in [5.41, 5.74) is 0.257. The Hall–Kier alpha value is -0.0400. The maximum Gasteiger partial charge on any atom is 0.00966 e. The van der Waals surface area contributed by atoms with E-state index in [4.69, 9.17) is 0 Å². The molecule has 1 heteroatoms. The Kier molecular flexibility index (Phi) is 10.7. The van der Waals surface area contributed by atoms with Crippen molar-refractivity contribution in [1.29, 1.82) is 0 Å². The van der Waals surface area contributed by atoms with Crippen LogP contribution in [0.2, 0.25) is 0 Å². The fourth-order valence-electron chi connectivity index (χ4n) is 2.47. The molecule has 0 aromatic rings. The van der Waals surface area contributed by atoms with E-state index in [-0.39, 0.29) is 5.54 Å². The van der Waals surface area contributed by atoms with Gasteiger partial charge in [0.1, 0.15) is 0 Å². The van der Waals surface area contributed by atoms with E-state index in [9.17, 15) is 0 Å². The van der Waals surface area contributed by atoms with Gasteiger partial charge in [-0.2, -0.15) is 0 Å². The van der Waals surface area contributed by atoms with Crippen LogP contribution < -0.4 is 5.32 Å². The van der Waals surface area contributed by atoms with Gasteiger partial charge >= 0.3 is 0 Å². The van der Waals surface area contributed by atoms with Crippen molar-refractivity contribution in [2.75, 3.05) is 6.54 Å². The monoisotopic (exact) mass is 269 g/mol. The summed E-state index contributed by atoms with van der Waals surface area (Å²) < 4.78 is 0. The molecule has 0 aromatic carbocycles. The largest absolute Gasteiger partial charge is 0.312 e. The second kappa shape index (κ2) is 10.7. The number of nitrogens with one attached hydrogen (secondary N) is 1. The fraction of sp³-hybridized carbons (Fsp3) is 1.00. The summed E-state index contributed by atoms with van der Waals surface area (Å²) in [6.07, 6.45) is 11.4. The van der Waals surface area contributed by atoms with E-state index >= 15 is 0 Å². The minimum Gasteiger partial charge on any atom is -0.312 e. The third-order valence-corrected chi connectivity index (χ3v) is 4.02. The van der Waals surface area contributed by atoms with Crippen molar-refractivity contribution in [1.82, 2.24) is 5.32 Å². The molecule has 0 spiro atoms. The Morgan fingerprint density at radius 1 is 0.842 bits per heavy atom. The fourth-order valence-corrected chi connectivity index (χ4v) is 2.47. The van der Waals surface area contributed by atoms with Gasteiger partial charge in [-0.25, -0.2) is 0 Å². The van der Waals surface area contributed by atoms with E-state index < -0.39 is 0 Å². The van der Waals surface area contributed by atoms with E-state index in [1.807, 2.05) is 0 Å². The molecule has 0 aliphatic carbocycles. The molecule has 0 fully saturated rings. The molecule has 0 saturated heterocycles. The van der Waals surface area contributed by atoms with E-state index in [1.54, 1.807) is 0 Å². The van der Waals surface area contributed by atoms with Crippen molar-refractivity contribution in [2.45, 2.75) is 98.4 Å². The standard InChI is InChI=1S/C18H39N/c1-7-8-9-10-11-12-13-14-17(16(2)3)15-19-18(4,5)6/h16-17,19H,7-15H2,1-6H3. The van der Waals surface area contributed by atoms with Crippen molar-refractivity contribution < 1.29 is 0 Å². The quantitative estimate of drug-likeness (QED) is 0.468. The summed E-state index contributed by atoms with van der Waals surface area (Å²) in [6, 6.07) is 0. The summed E-state index contributed by atoms with van der Waals surface area (Å²) in [7, 11) is 0. The van der Waals surface area contributed by atoms with Gasteiger partial charge in [0.2, 0.25) is 0 Å². The Morgan fingerprint density at radius 3 is 1.84 bits per heavy atom. The highest BCUT2D eigenvalue weighted by molar-refractivity contribution is 4.74. The lowest BCUT2D eigenvalue weighted by atomic mass is 9.89. The third-order valence-electron chi connectivity index (χ3n) is 4.02. The molecule has 0 saturated carbocycles. The molecule has 19 heavy (non-hydrogen) atoms. The van der Waals surface area contributed by atoms with Crippen LogP contribution in [0, 0.1) is 11.8 Å². The average Bonchev–Trinajstić information content (AvgIpc) is 2.30. The van der Waals surface area contributed by atoms with E-state index in [2.05, 4.69) is 46.9 Å². The Balaban J connectivity index is 3.66. The van der Waals surface area contributed by atoms with Crippen molar-refractivity contribution in [2.24, 2.45) is 11.8 Å². The van der Waals surface area contributed by atoms with Gasteiger partial charge in [0.15, 0.2) is 0 Å². The molecule has 1 nitrogen and oxygen atoms in total. The van der Waals surface area contributed by atoms with Crippen LogP contribution in [0.25, 0.3) is 0 Å². The summed E-state index contributed by atoms with van der Waals surface area (Å²) in [5, 5.41) is 3.67. The minimum absolute atomic E-state index is 0.257. The van der Waals surface area contributed by atoms with Crippen molar-refractivity contribution in [3.8, 4) is 0 Å². The molecule has 0 amide bonds. The molecule has 0 heterocycles. The smallest absolute Gasteiger partial charge is 0.00966 e. The van der Waals surface area contributed by atoms with Gasteiger partial charge in [0.25, 0.3) is 0 Å². The predicted molar refractivity (Wildman–Crippen MR) is 88.7 cm³/mol. The maximum absolute atomic E-state index is 3.67. The highest BCUT2D eigenvalue weighted by atomic mass is 14.9. The van der Waals surface area contributed by atoms with Crippen LogP contribution in [0.5, 0.6) is 0 Å². The minimum atomic E-state index is 0.257. The normalized spacial score (nSPS) is 14.1. The van der Waals surface area contributed by atoms with Crippen LogP contribution in [-0.2, 0) is 0 Å². The van der Waals surface area contributed by atoms with Crippen LogP contribution >= 0.6 is 0 Å². The summed E-state index contributed by atoms with van der Waals surface area (Å²) in [4.78, 5) is 0. The molecule has 0 radical (unpaired) electrons. The second-order valence-electron chi connectivity index (χ2n) is 7.54. The van der Waals surface area contributed by atoms with Gasteiger partial charge in [-0.15, -0.1) is 0 Å². The predicted octanol–water partition coefficient (Wildman–Crippen LogP) is 5.79. The molecule has 0 rings (SSSR count). The zero-order valence-electron chi connectivity index (χ0n) is 14.5. The van der Waals surface area contributed by atoms with Gasteiger partial charge < -0.3 is 5.32 Å². The van der Waals surface area contributed by atoms with E-state index in [0.717, 1.165) is 11.8 Å². The van der Waals surface area contributed by atoms with Gasteiger partial charge in [-0.1, -0.05) is 65.7 Å². The first kappa shape index (κ1) is 19.0. The number of rotatable bonds is 11. The van der Waals surface area contributed by atoms with Gasteiger partial charge in [0.05, 0.1) is 0 Å². The maximum atomic E-state index is 3.67. The first-order valence-corrected chi connectivity index (χ1v) is 8.62. The molecule has 1 atom stereocenters. The lowest BCUT2D eigenvalue weighted by Crippen LogP contribution is -2.40. The Labute approximate surface area is 122 Å². The number of hydrogen-bond donors (Lipinski definition) is 1. The lowest BCUT2D eigenvalue weighted by molar-refractivity contribution is 0.291. The molecule has 1 unspecified atom stereocenters. The zero-order chi connectivity index (χ0) is 14.7. The van der Waals surface area contributed by atoms with Crippen LogP contribution in [0.3, 0.4) is 0 Å². The van der Waals surface area contributed by atoms with Crippen LogP contribution in [0.15, 0.2) is 0 Å². The van der Waals surface area contributed by atoms with E-state index in [1.165, 1.54) is 57.9 Å². The number of hydrogen-bond acceptors (Lipinski definition) is 1. The molecule has 0 aliphatic rings. The van der Waals surface area contributed by atoms with Gasteiger partial charge in [-0.05, 0) is 45.6 Å². The van der Waals surface area contributed by atoms with Crippen molar-refractivity contribution >= 4 is 0 Å². The molecule has 0 aliphatic heterocycles. The molecular formula is C18H39N. The molecule has 0 bridgehead atoms. The topological polar surface area (TPSA) is 12.0 Å². The molecule has 1 N–H and O–H groups in total. The second-order valence-corrected chi connectivity index (χ2v) is 7.54. The summed E-state index contributed by atoms with van der Waals surface area (Å²) in [5.74, 6) is 1.64. The van der Waals surface area contributed by atoms with Crippen LogP contribution in [0.1, 0.15) is 92.9 Å². The van der Waals surface area contributed by atoms with E-state index in [0.29, 0.717) is 0 Å². The lowest BCUT2D eigenvalue weighted by Gasteiger charge is -2.27. The molecule has 0 aromatic heterocycles. The van der Waals surface area contributed by atoms with Gasteiger partial charge in [0, 0.05) is 5.54 Å². The SMILES string of the molecule is CCCCCCCCCC(CNC(C)(C)C)C(C)C. The van der Waals surface area contributed by atoms with Gasteiger partial charge in [-0.3, -0.25) is 0 Å². The number of unbranched alkanes of at least 4 members (excludes halogenated alkanes) is 6. The van der Waals surface area contributed by atoms with Crippen LogP contribution in [0.4, 0.5) is 0 Å². The van der Waals surface area contributed by atoms with Crippen molar-refractivity contribution in [3.63, 3.8) is 0 Å². The van der Waals surface area contributed by atoms with Crippen molar-refractivity contribution in [3.05, 3.63) is 0 Å². The zero-order valence-corrected chi connectivity index (χ0v) is 14.5. The first-order chi connectivity index (χ1) is 8.87.